The number of carbonyl (C=O) groups is 1. The van der Waals surface area contributed by atoms with E-state index < -0.39 is 38.8 Å². The second-order valence-electron chi connectivity index (χ2n) is 7.88. The Morgan fingerprint density at radius 1 is 1.40 bits per heavy atom. The average Bonchev–Trinajstić information content (AvgIpc) is 3.51. The van der Waals surface area contributed by atoms with Gasteiger partial charge < -0.3 is 33.6 Å². The van der Waals surface area contributed by atoms with Crippen LogP contribution in [0.1, 0.15) is 27.0 Å². The van der Waals surface area contributed by atoms with Crippen LogP contribution in [0.2, 0.25) is 0 Å². The molecule has 5 rings (SSSR count). The normalized spacial score (nSPS) is 29.2. The van der Waals surface area contributed by atoms with Gasteiger partial charge in [-0.05, 0) is 31.0 Å². The van der Waals surface area contributed by atoms with E-state index in [9.17, 15) is 9.59 Å². The van der Waals surface area contributed by atoms with Crippen molar-refractivity contribution >= 4 is 39.4 Å². The monoisotopic (exact) mass is 529 g/mol. The molecule has 2 aromatic rings. The molecule has 3 aliphatic heterocycles. The molecule has 1 amide bonds. The molecule has 6 atom stereocenters. The van der Waals surface area contributed by atoms with Crippen molar-refractivity contribution in [3.63, 3.8) is 0 Å². The molecule has 0 spiro atoms. The Morgan fingerprint density at radius 2 is 2.17 bits per heavy atom. The number of aliphatic hydroxyl groups is 1. The maximum absolute atomic E-state index is 12.7. The second-order valence-corrected chi connectivity index (χ2v) is 9.26. The molecule has 2 N–H and O–H groups in total. The van der Waals surface area contributed by atoms with Crippen LogP contribution in [0.25, 0.3) is 0 Å². The second kappa shape index (κ2) is 11.8. The zero-order chi connectivity index (χ0) is 25.8. The first-order valence-corrected chi connectivity index (χ1v) is 11.8. The smallest absolute Gasteiger partial charge is 0.351 e. The third-order valence-corrected chi connectivity index (χ3v) is 7.46. The van der Waals surface area contributed by atoms with Crippen molar-refractivity contribution < 1.29 is 29.8 Å². The van der Waals surface area contributed by atoms with Gasteiger partial charge in [0.1, 0.15) is 18.0 Å². The van der Waals surface area contributed by atoms with Gasteiger partial charge in [0.05, 0.1) is 18.8 Å². The summed E-state index contributed by atoms with van der Waals surface area (Å²) in [7, 11) is 1.39. The lowest BCUT2D eigenvalue weighted by atomic mass is 10.1. The Balaban J connectivity index is 0.000000908. The summed E-state index contributed by atoms with van der Waals surface area (Å²) >= 11 is 0. The van der Waals surface area contributed by atoms with E-state index in [-0.39, 0.29) is 38.2 Å². The van der Waals surface area contributed by atoms with Gasteiger partial charge in [0.25, 0.3) is 8.53 Å². The van der Waals surface area contributed by atoms with Crippen LogP contribution in [0.15, 0.2) is 41.3 Å². The molecule has 1 aromatic heterocycles. The SMILES string of the molecule is S.[2H]CC1OC(n2ccc(NC(C)=O)nc2=O)C(OC)C1O[P@@]1OC[C@@H]2Cc3ccccc3N21.[3H]OC. The van der Waals surface area contributed by atoms with Crippen molar-refractivity contribution in [3.05, 3.63) is 52.6 Å². The molecule has 2 saturated heterocycles. The molecular formula is C22H31N4O7PS. The molecular weight excluding hydrogens is 495 g/mol. The molecule has 2 fully saturated rings. The highest BCUT2D eigenvalue weighted by molar-refractivity contribution is 7.59. The number of anilines is 2. The van der Waals surface area contributed by atoms with Gasteiger partial charge in [-0.25, -0.2) is 4.79 Å². The number of fused-ring (bicyclic) bond motifs is 3. The largest absolute Gasteiger partial charge is 0.400 e. The van der Waals surface area contributed by atoms with Gasteiger partial charge in [-0.3, -0.25) is 9.36 Å². The maximum atomic E-state index is 12.7. The first-order valence-electron chi connectivity index (χ1n) is 11.8. The minimum absolute atomic E-state index is 0. The Labute approximate surface area is 214 Å². The molecule has 35 heavy (non-hydrogen) atoms. The van der Waals surface area contributed by atoms with Crippen LogP contribution in [0.5, 0.6) is 0 Å². The van der Waals surface area contributed by atoms with Gasteiger partial charge in [0.2, 0.25) is 7.34 Å². The highest BCUT2D eigenvalue weighted by Gasteiger charge is 2.50. The highest BCUT2D eigenvalue weighted by atomic mass is 32.1. The lowest BCUT2D eigenvalue weighted by molar-refractivity contribution is -0.114. The fourth-order valence-electron chi connectivity index (χ4n) is 4.36. The molecule has 1 aromatic carbocycles. The lowest BCUT2D eigenvalue weighted by Crippen LogP contribution is -2.38. The fraction of sp³-hybridized carbons (Fsp3) is 0.500. The van der Waals surface area contributed by atoms with Crippen molar-refractivity contribution in [3.8, 4) is 0 Å². The molecule has 0 saturated carbocycles. The van der Waals surface area contributed by atoms with E-state index in [1.807, 2.05) is 12.1 Å². The van der Waals surface area contributed by atoms with Crippen LogP contribution in [0.3, 0.4) is 0 Å². The molecule has 13 heteroatoms. The lowest BCUT2D eigenvalue weighted by Gasteiger charge is -2.29. The molecule has 0 bridgehead atoms. The van der Waals surface area contributed by atoms with E-state index >= 15 is 0 Å². The third kappa shape index (κ3) is 5.39. The van der Waals surface area contributed by atoms with Crippen LogP contribution in [-0.2, 0) is 29.7 Å². The molecule has 192 valence electrons. The molecule has 0 aliphatic carbocycles. The summed E-state index contributed by atoms with van der Waals surface area (Å²) in [5.41, 5.74) is 1.76. The average molecular weight is 530 g/mol. The summed E-state index contributed by atoms with van der Waals surface area (Å²) in [6.07, 6.45) is -0.332. The zero-order valence-corrected chi connectivity index (χ0v) is 21.5. The molecule has 0 radical (unpaired) electrons. The van der Waals surface area contributed by atoms with Crippen LogP contribution in [0, 0.1) is 0 Å². The zero-order valence-electron chi connectivity index (χ0n) is 21.6. The number of aliphatic hydroxyl groups excluding tert-OH is 1. The molecule has 3 aliphatic rings. The number of rotatable bonds is 5. The summed E-state index contributed by atoms with van der Waals surface area (Å²) in [5.74, 6) is -0.169. The Morgan fingerprint density at radius 3 is 2.86 bits per heavy atom. The number of ether oxygens (including phenoxy) is 2. The predicted octanol–water partition coefficient (Wildman–Crippen LogP) is 1.93. The first-order chi connectivity index (χ1) is 17.4. The van der Waals surface area contributed by atoms with Crippen LogP contribution < -0.4 is 15.7 Å². The van der Waals surface area contributed by atoms with Gasteiger partial charge in [0.15, 0.2) is 6.23 Å². The number of nitrogens with zero attached hydrogens (tertiary/aromatic N) is 3. The highest BCUT2D eigenvalue weighted by Crippen LogP contribution is 2.58. The van der Waals surface area contributed by atoms with E-state index in [2.05, 4.69) is 32.2 Å². The molecule has 11 nitrogen and oxygen atoms in total. The number of para-hydroxylation sites is 1. The van der Waals surface area contributed by atoms with Crippen molar-refractivity contribution in [1.29, 1.82) is 1.43 Å². The van der Waals surface area contributed by atoms with Crippen LogP contribution in [-0.4, -0.2) is 67.2 Å². The van der Waals surface area contributed by atoms with Gasteiger partial charge in [-0.1, -0.05) is 18.2 Å². The number of carbonyl (C=O) groups excluding carboxylic acids is 1. The van der Waals surface area contributed by atoms with Crippen molar-refractivity contribution in [1.82, 2.24) is 9.55 Å². The Bertz CT molecular complexity index is 1130. The number of methoxy groups -OCH3 is 1. The van der Waals surface area contributed by atoms with E-state index in [0.29, 0.717) is 6.61 Å². The standard InChI is InChI=1S/C21H25N4O6P.CH4O.H2S/c1-12-18(31-32-25-15(11-29-32)10-14-6-4-5-7-16(14)25)19(28-3)20(30-12)24-9-8-17(22-13(2)26)23-21(24)27;1-2;/h4-9,12,15,18-20H,10-11H2,1-3H3,(H,22,23,26,27);2H,1H3;1H2/t12?,15-,18?,19?,20?,32+;;/m0../s1/i1D;2T;. The van der Waals surface area contributed by atoms with Crippen LogP contribution >= 0.6 is 22.0 Å². The molecule has 4 unspecified atom stereocenters. The van der Waals surface area contributed by atoms with Gasteiger partial charge >= 0.3 is 5.69 Å². The summed E-state index contributed by atoms with van der Waals surface area (Å²) in [6.45, 7) is 1.83. The molecule has 4 heterocycles. The summed E-state index contributed by atoms with van der Waals surface area (Å²) in [4.78, 5) is 27.8. The minimum Gasteiger partial charge on any atom is -0.400 e. The maximum Gasteiger partial charge on any atom is 0.351 e. The van der Waals surface area contributed by atoms with E-state index in [0.717, 1.165) is 12.1 Å². The quantitative estimate of drug-likeness (QED) is 0.559. The third-order valence-electron chi connectivity index (χ3n) is 5.77. The summed E-state index contributed by atoms with van der Waals surface area (Å²) < 4.78 is 41.4. The summed E-state index contributed by atoms with van der Waals surface area (Å²) in [6, 6.07) is 9.93. The number of amides is 1. The number of hydrogen-bond acceptors (Lipinski definition) is 9. The van der Waals surface area contributed by atoms with Crippen molar-refractivity contribution in [2.24, 2.45) is 0 Å². The van der Waals surface area contributed by atoms with E-state index in [1.54, 1.807) is 0 Å². The predicted molar refractivity (Wildman–Crippen MR) is 136 cm³/mol. The van der Waals surface area contributed by atoms with Crippen molar-refractivity contribution in [2.75, 3.05) is 30.8 Å². The van der Waals surface area contributed by atoms with Gasteiger partial charge in [0, 0.05) is 34.4 Å². The summed E-state index contributed by atoms with van der Waals surface area (Å²) in [5, 5.41) is 5.99. The number of aromatic nitrogens is 2. The fourth-order valence-corrected chi connectivity index (χ4v) is 6.19. The Hall–Kier alpha value is -2.05. The van der Waals surface area contributed by atoms with Gasteiger partial charge in [-0.2, -0.15) is 18.5 Å². The minimum atomic E-state index is -1.42. The number of hydrogen-bond donors (Lipinski definition) is 2. The van der Waals surface area contributed by atoms with Crippen molar-refractivity contribution in [2.45, 2.75) is 50.8 Å². The topological polar surface area (TPSA) is 124 Å². The van der Waals surface area contributed by atoms with E-state index in [1.165, 1.54) is 43.5 Å². The first kappa shape index (κ1) is 24.6. The number of nitrogens with one attached hydrogen (secondary N) is 1. The number of benzene rings is 1. The van der Waals surface area contributed by atoms with Crippen LogP contribution in [0.4, 0.5) is 11.5 Å². The van der Waals surface area contributed by atoms with Gasteiger partial charge in [-0.15, -0.1) is 0 Å². The van der Waals surface area contributed by atoms with E-state index in [4.69, 9.17) is 21.3 Å². The Kier molecular flexibility index (Phi) is 8.30.